The van der Waals surface area contributed by atoms with Crippen LogP contribution in [0, 0.1) is 0 Å². The molecule has 15 heavy (non-hydrogen) atoms. The summed E-state index contributed by atoms with van der Waals surface area (Å²) in [6.07, 6.45) is 0.905. The molecule has 0 aliphatic heterocycles. The van der Waals surface area contributed by atoms with Gasteiger partial charge in [-0.05, 0) is 11.1 Å². The van der Waals surface area contributed by atoms with E-state index in [0.29, 0.717) is 0 Å². The molecule has 0 saturated carbocycles. The number of aliphatic hydroxyl groups is 1. The zero-order chi connectivity index (χ0) is 11.7. The maximum absolute atomic E-state index is 10.5. The van der Waals surface area contributed by atoms with Crippen LogP contribution in [0.2, 0.25) is 0 Å². The van der Waals surface area contributed by atoms with E-state index in [1.165, 1.54) is 6.08 Å². The van der Waals surface area contributed by atoms with Crippen LogP contribution < -0.4 is 0 Å². The Kier molecular flexibility index (Phi) is 6.15. The molecule has 0 rings (SSSR count). The van der Waals surface area contributed by atoms with Crippen molar-refractivity contribution in [1.29, 1.82) is 0 Å². The molecule has 0 aromatic carbocycles. The minimum Gasteiger partial charge on any atom is -0.481 e. The van der Waals surface area contributed by atoms with Crippen LogP contribution in [0.15, 0.2) is 22.4 Å². The second-order valence-electron chi connectivity index (χ2n) is 2.32. The highest BCUT2D eigenvalue weighted by Crippen LogP contribution is 2.02. The molecule has 0 radical (unpaired) electrons. The average Bonchev–Trinajstić information content (AvgIpc) is 2.20. The number of rotatable bonds is 6. The van der Waals surface area contributed by atoms with Gasteiger partial charge in [0.05, 0.1) is 6.10 Å². The Hall–Kier alpha value is -2.21. The van der Waals surface area contributed by atoms with E-state index in [2.05, 4.69) is 20.1 Å². The summed E-state index contributed by atoms with van der Waals surface area (Å²) in [5.74, 6) is -1.44. The van der Waals surface area contributed by atoms with Gasteiger partial charge in [0.1, 0.15) is 0 Å². The van der Waals surface area contributed by atoms with Crippen molar-refractivity contribution in [3.8, 4) is 0 Å². The van der Waals surface area contributed by atoms with E-state index in [4.69, 9.17) is 16.2 Å². The van der Waals surface area contributed by atoms with Crippen molar-refractivity contribution in [1.82, 2.24) is 0 Å². The molecule has 0 bridgehead atoms. The molecule has 0 aromatic rings. The summed E-state index contributed by atoms with van der Waals surface area (Å²) < 4.78 is 0. The van der Waals surface area contributed by atoms with Gasteiger partial charge in [0.15, 0.2) is 6.04 Å². The van der Waals surface area contributed by atoms with Gasteiger partial charge in [-0.25, -0.2) is 0 Å². The van der Waals surface area contributed by atoms with E-state index < -0.39 is 18.1 Å². The highest BCUT2D eigenvalue weighted by molar-refractivity contribution is 5.74. The second kappa shape index (κ2) is 7.22. The number of carboxylic acid groups (broad SMARTS) is 1. The van der Waals surface area contributed by atoms with Gasteiger partial charge in [0, 0.05) is 16.4 Å². The van der Waals surface area contributed by atoms with Crippen LogP contribution in [0.25, 0.3) is 20.9 Å². The molecule has 2 N–H and O–H groups in total. The number of nitrogens with zero attached hydrogens (tertiary/aromatic N) is 6. The molecule has 80 valence electrons. The normalized spacial score (nSPS) is 13.7. The van der Waals surface area contributed by atoms with Crippen molar-refractivity contribution in [2.75, 3.05) is 6.54 Å². The predicted molar refractivity (Wildman–Crippen MR) is 49.7 cm³/mol. The fraction of sp³-hybridized carbons (Fsp3) is 0.500. The van der Waals surface area contributed by atoms with E-state index >= 15 is 0 Å². The van der Waals surface area contributed by atoms with Gasteiger partial charge in [0.25, 0.3) is 0 Å². The number of carboxylic acids is 1. The quantitative estimate of drug-likeness (QED) is 0.291. The SMILES string of the molecule is [N-]=[N+]=NC/C=C/[C@@H](O)[C@H](N=[N+]=[N-])C(=O)O. The third-order valence-electron chi connectivity index (χ3n) is 1.34. The summed E-state index contributed by atoms with van der Waals surface area (Å²) in [7, 11) is 0. The Morgan fingerprint density at radius 1 is 1.47 bits per heavy atom. The summed E-state index contributed by atoms with van der Waals surface area (Å²) in [6.45, 7) is -0.0177. The number of hydrogen-bond donors (Lipinski definition) is 2. The van der Waals surface area contributed by atoms with Crippen molar-refractivity contribution in [3.63, 3.8) is 0 Å². The largest absolute Gasteiger partial charge is 0.481 e. The van der Waals surface area contributed by atoms with Crippen LogP contribution >= 0.6 is 0 Å². The van der Waals surface area contributed by atoms with Crippen molar-refractivity contribution >= 4 is 5.97 Å². The lowest BCUT2D eigenvalue weighted by Crippen LogP contribution is -2.30. The summed E-state index contributed by atoms with van der Waals surface area (Å²) in [5.41, 5.74) is 16.0. The summed E-state index contributed by atoms with van der Waals surface area (Å²) in [5, 5.41) is 23.8. The highest BCUT2D eigenvalue weighted by atomic mass is 16.4. The van der Waals surface area contributed by atoms with Crippen LogP contribution in [0.4, 0.5) is 0 Å². The van der Waals surface area contributed by atoms with Crippen LogP contribution in [-0.4, -0.2) is 34.9 Å². The lowest BCUT2D eigenvalue weighted by molar-refractivity contribution is -0.140. The summed E-state index contributed by atoms with van der Waals surface area (Å²) >= 11 is 0. The first kappa shape index (κ1) is 12.8. The Bertz CT molecular complexity index is 339. The van der Waals surface area contributed by atoms with Crippen molar-refractivity contribution in [2.45, 2.75) is 12.1 Å². The van der Waals surface area contributed by atoms with E-state index in [0.717, 1.165) is 6.08 Å². The standard InChI is InChI=1S/C6H8N6O3/c7-11-9-3-1-2-4(13)5(6(14)15)10-12-8/h1-2,4-5,13H,3H2,(H,14,15)/b2-1+/t4-,5+/m1/s1. The van der Waals surface area contributed by atoms with Gasteiger partial charge in [-0.2, -0.15) is 0 Å². The third-order valence-corrected chi connectivity index (χ3v) is 1.34. The monoisotopic (exact) mass is 212 g/mol. The number of hydrogen-bond acceptors (Lipinski definition) is 4. The molecule has 0 saturated heterocycles. The minimum absolute atomic E-state index is 0.0177. The van der Waals surface area contributed by atoms with E-state index in [9.17, 15) is 9.90 Å². The van der Waals surface area contributed by atoms with Gasteiger partial charge in [-0.15, -0.1) is 0 Å². The molecule has 0 unspecified atom stereocenters. The van der Waals surface area contributed by atoms with Crippen molar-refractivity contribution < 1.29 is 15.0 Å². The first-order chi connectivity index (χ1) is 7.13. The highest BCUT2D eigenvalue weighted by Gasteiger charge is 2.22. The molecule has 0 spiro atoms. The minimum atomic E-state index is -1.59. The van der Waals surface area contributed by atoms with E-state index in [-0.39, 0.29) is 6.54 Å². The zero-order valence-corrected chi connectivity index (χ0v) is 7.50. The number of carbonyl (C=O) groups is 1. The van der Waals surface area contributed by atoms with E-state index in [1.807, 2.05) is 0 Å². The Morgan fingerprint density at radius 3 is 2.60 bits per heavy atom. The van der Waals surface area contributed by atoms with Gasteiger partial charge >= 0.3 is 5.97 Å². The lowest BCUT2D eigenvalue weighted by atomic mass is 10.1. The molecule has 0 aliphatic rings. The summed E-state index contributed by atoms with van der Waals surface area (Å²) in [4.78, 5) is 15.2. The predicted octanol–water partition coefficient (Wildman–Crippen LogP) is 0.977. The molecule has 9 nitrogen and oxygen atoms in total. The average molecular weight is 212 g/mol. The van der Waals surface area contributed by atoms with E-state index in [1.54, 1.807) is 0 Å². The molecular weight excluding hydrogens is 204 g/mol. The van der Waals surface area contributed by atoms with Crippen LogP contribution in [0.3, 0.4) is 0 Å². The number of aliphatic carboxylic acids is 1. The Balaban J connectivity index is 4.43. The lowest BCUT2D eigenvalue weighted by Gasteiger charge is -2.09. The fourth-order valence-corrected chi connectivity index (χ4v) is 0.709. The molecule has 0 heterocycles. The smallest absolute Gasteiger partial charge is 0.315 e. The molecule has 0 aromatic heterocycles. The van der Waals surface area contributed by atoms with Crippen LogP contribution in [0.5, 0.6) is 0 Å². The van der Waals surface area contributed by atoms with Gasteiger partial charge in [0.2, 0.25) is 0 Å². The first-order valence-corrected chi connectivity index (χ1v) is 3.76. The molecule has 0 aliphatic carbocycles. The zero-order valence-electron chi connectivity index (χ0n) is 7.50. The molecule has 0 amide bonds. The maximum Gasteiger partial charge on any atom is 0.315 e. The summed E-state index contributed by atoms with van der Waals surface area (Å²) in [6, 6.07) is -1.59. The Labute approximate surface area is 83.9 Å². The molecule has 0 fully saturated rings. The molecule has 2 atom stereocenters. The molecule has 9 heteroatoms. The number of azide groups is 2. The van der Waals surface area contributed by atoms with Gasteiger partial charge in [-0.1, -0.05) is 22.4 Å². The van der Waals surface area contributed by atoms with Crippen LogP contribution in [-0.2, 0) is 4.79 Å². The third kappa shape index (κ3) is 5.17. The van der Waals surface area contributed by atoms with Crippen molar-refractivity contribution in [2.24, 2.45) is 10.2 Å². The second-order valence-corrected chi connectivity index (χ2v) is 2.32. The first-order valence-electron chi connectivity index (χ1n) is 3.76. The van der Waals surface area contributed by atoms with Crippen molar-refractivity contribution in [3.05, 3.63) is 33.0 Å². The topological polar surface area (TPSA) is 155 Å². The molecular formula is C6H8N6O3. The Morgan fingerprint density at radius 2 is 2.13 bits per heavy atom. The number of aliphatic hydroxyl groups excluding tert-OH is 1. The van der Waals surface area contributed by atoms with Gasteiger partial charge < -0.3 is 10.2 Å². The van der Waals surface area contributed by atoms with Gasteiger partial charge in [-0.3, -0.25) is 4.79 Å². The fourth-order valence-electron chi connectivity index (χ4n) is 0.709. The maximum atomic E-state index is 10.5. The van der Waals surface area contributed by atoms with Crippen LogP contribution in [0.1, 0.15) is 0 Å².